The summed E-state index contributed by atoms with van der Waals surface area (Å²) < 4.78 is 38.8. The van der Waals surface area contributed by atoms with Crippen molar-refractivity contribution < 1.29 is 13.2 Å². The summed E-state index contributed by atoms with van der Waals surface area (Å²) in [6, 6.07) is 3.84. The zero-order valence-electron chi connectivity index (χ0n) is 11.2. The van der Waals surface area contributed by atoms with Crippen LogP contribution in [0.2, 0.25) is 0 Å². The number of anilines is 1. The Hall–Kier alpha value is -1.72. The van der Waals surface area contributed by atoms with Gasteiger partial charge in [0.2, 0.25) is 0 Å². The molecule has 0 radical (unpaired) electrons. The van der Waals surface area contributed by atoms with Crippen LogP contribution >= 0.6 is 0 Å². The third-order valence-corrected chi connectivity index (χ3v) is 2.68. The zero-order chi connectivity index (χ0) is 14.8. The van der Waals surface area contributed by atoms with Crippen LogP contribution < -0.4 is 10.6 Å². The summed E-state index contributed by atoms with van der Waals surface area (Å²) in [6.07, 6.45) is -4.52. The molecule has 0 saturated carbocycles. The molecule has 1 aromatic rings. The number of nitrogens with two attached hydrogens (primary N) is 1. The molecule has 0 aromatic heterocycles. The number of nitrogen functional groups attached to an aromatic ring is 1. The predicted octanol–water partition coefficient (Wildman–Crippen LogP) is 3.08. The first-order chi connectivity index (χ1) is 8.62. The monoisotopic (exact) mass is 273 g/mol. The summed E-state index contributed by atoms with van der Waals surface area (Å²) in [6.45, 7) is 4.63. The predicted molar refractivity (Wildman–Crippen MR) is 70.6 cm³/mol. The van der Waals surface area contributed by atoms with E-state index in [2.05, 4.69) is 0 Å². The van der Waals surface area contributed by atoms with Gasteiger partial charge in [-0.05, 0) is 24.1 Å². The van der Waals surface area contributed by atoms with Crippen LogP contribution in [0.25, 0.3) is 0 Å². The Morgan fingerprint density at radius 3 is 2.37 bits per heavy atom. The van der Waals surface area contributed by atoms with Crippen LogP contribution in [0.5, 0.6) is 0 Å². The van der Waals surface area contributed by atoms with E-state index in [1.807, 2.05) is 13.8 Å². The Bertz CT molecular complexity index is 467. The number of rotatable bonds is 4. The summed E-state index contributed by atoms with van der Waals surface area (Å²) in [4.78, 5) is 1.75. The second-order valence-corrected chi connectivity index (χ2v) is 4.92. The van der Waals surface area contributed by atoms with Crippen LogP contribution in [-0.4, -0.2) is 19.4 Å². The Labute approximate surface area is 110 Å². The van der Waals surface area contributed by atoms with Crippen molar-refractivity contribution in [3.63, 3.8) is 0 Å². The summed E-state index contributed by atoms with van der Waals surface area (Å²) in [5, 5.41) is 7.21. The van der Waals surface area contributed by atoms with E-state index in [0.29, 0.717) is 18.2 Å². The Morgan fingerprint density at radius 2 is 1.95 bits per heavy atom. The smallest absolute Gasteiger partial charge is 0.384 e. The molecule has 0 spiro atoms. The minimum Gasteiger partial charge on any atom is -0.384 e. The molecule has 1 rings (SSSR count). The quantitative estimate of drug-likeness (QED) is 0.654. The molecule has 1 aromatic carbocycles. The molecule has 0 aliphatic heterocycles. The van der Waals surface area contributed by atoms with Crippen molar-refractivity contribution in [1.82, 2.24) is 0 Å². The first-order valence-electron chi connectivity index (χ1n) is 5.89. The fraction of sp³-hybridized carbons (Fsp3) is 0.462. The number of hydrogen-bond acceptors (Lipinski definition) is 2. The third-order valence-electron chi connectivity index (χ3n) is 2.68. The van der Waals surface area contributed by atoms with Gasteiger partial charge in [0.25, 0.3) is 0 Å². The molecule has 0 heterocycles. The fourth-order valence-corrected chi connectivity index (χ4v) is 1.89. The van der Waals surface area contributed by atoms with E-state index in [-0.39, 0.29) is 5.56 Å². The molecule has 0 atom stereocenters. The Kier molecular flexibility index (Phi) is 4.44. The van der Waals surface area contributed by atoms with E-state index in [0.717, 1.165) is 6.07 Å². The van der Waals surface area contributed by atoms with Gasteiger partial charge in [-0.3, -0.25) is 5.41 Å². The molecule has 0 fully saturated rings. The Morgan fingerprint density at radius 1 is 1.37 bits per heavy atom. The van der Waals surface area contributed by atoms with Crippen molar-refractivity contribution in [3.8, 4) is 0 Å². The van der Waals surface area contributed by atoms with E-state index in [1.165, 1.54) is 6.07 Å². The molecule has 106 valence electrons. The van der Waals surface area contributed by atoms with Gasteiger partial charge in [0.15, 0.2) is 0 Å². The van der Waals surface area contributed by atoms with E-state index in [1.54, 1.807) is 18.0 Å². The average molecular weight is 273 g/mol. The van der Waals surface area contributed by atoms with E-state index >= 15 is 0 Å². The highest BCUT2D eigenvalue weighted by Gasteiger charge is 2.34. The molecular weight excluding hydrogens is 255 g/mol. The molecule has 19 heavy (non-hydrogen) atoms. The third kappa shape index (κ3) is 3.87. The molecule has 0 saturated heterocycles. The van der Waals surface area contributed by atoms with Crippen LogP contribution in [-0.2, 0) is 6.18 Å². The lowest BCUT2D eigenvalue weighted by Crippen LogP contribution is -2.24. The normalized spacial score (nSPS) is 11.7. The van der Waals surface area contributed by atoms with Crippen molar-refractivity contribution in [3.05, 3.63) is 29.3 Å². The van der Waals surface area contributed by atoms with Crippen LogP contribution in [0, 0.1) is 11.3 Å². The number of nitrogens with one attached hydrogen (secondary N) is 1. The van der Waals surface area contributed by atoms with Crippen molar-refractivity contribution in [1.29, 1.82) is 5.41 Å². The molecule has 3 nitrogen and oxygen atoms in total. The van der Waals surface area contributed by atoms with Crippen molar-refractivity contribution in [2.75, 3.05) is 18.5 Å². The highest BCUT2D eigenvalue weighted by atomic mass is 19.4. The maximum Gasteiger partial charge on any atom is 0.417 e. The number of benzene rings is 1. The first-order valence-corrected chi connectivity index (χ1v) is 5.89. The van der Waals surface area contributed by atoms with Gasteiger partial charge in [-0.2, -0.15) is 13.2 Å². The lowest BCUT2D eigenvalue weighted by atomic mass is 10.0. The van der Waals surface area contributed by atoms with Gasteiger partial charge in [-0.15, -0.1) is 0 Å². The molecule has 6 heteroatoms. The van der Waals surface area contributed by atoms with Gasteiger partial charge in [0.1, 0.15) is 5.84 Å². The largest absolute Gasteiger partial charge is 0.417 e. The maximum atomic E-state index is 12.9. The van der Waals surface area contributed by atoms with Crippen molar-refractivity contribution >= 4 is 11.5 Å². The van der Waals surface area contributed by atoms with Gasteiger partial charge < -0.3 is 10.6 Å². The fourth-order valence-electron chi connectivity index (χ4n) is 1.89. The van der Waals surface area contributed by atoms with E-state index < -0.39 is 17.6 Å². The number of halogens is 3. The molecule has 0 aliphatic carbocycles. The first kappa shape index (κ1) is 15.3. The van der Waals surface area contributed by atoms with Crippen LogP contribution in [0.3, 0.4) is 0 Å². The van der Waals surface area contributed by atoms with Crippen molar-refractivity contribution in [2.45, 2.75) is 20.0 Å². The Balaban J connectivity index is 3.22. The van der Waals surface area contributed by atoms with Gasteiger partial charge in [-0.25, -0.2) is 0 Å². The lowest BCUT2D eigenvalue weighted by molar-refractivity contribution is -0.137. The number of nitrogens with zero attached hydrogens (tertiary/aromatic N) is 1. The minimum atomic E-state index is -4.52. The highest BCUT2D eigenvalue weighted by Crippen LogP contribution is 2.34. The average Bonchev–Trinajstić information content (AvgIpc) is 2.25. The summed E-state index contributed by atoms with van der Waals surface area (Å²) in [5.74, 6) is -0.239. The SMILES string of the molecule is CC(C)CN(C)c1ccc(C(=N)N)c(C(F)(F)F)c1. The molecule has 0 aliphatic rings. The van der Waals surface area contributed by atoms with Gasteiger partial charge in [0, 0.05) is 24.8 Å². The van der Waals surface area contributed by atoms with Gasteiger partial charge >= 0.3 is 6.18 Å². The summed E-state index contributed by atoms with van der Waals surface area (Å²) in [5.41, 5.74) is 4.50. The van der Waals surface area contributed by atoms with Crippen molar-refractivity contribution in [2.24, 2.45) is 11.7 Å². The molecule has 3 N–H and O–H groups in total. The zero-order valence-corrected chi connectivity index (χ0v) is 11.2. The number of alkyl halides is 3. The van der Waals surface area contributed by atoms with Gasteiger partial charge in [-0.1, -0.05) is 13.8 Å². The second-order valence-electron chi connectivity index (χ2n) is 4.92. The lowest BCUT2D eigenvalue weighted by Gasteiger charge is -2.23. The number of hydrogen-bond donors (Lipinski definition) is 2. The highest BCUT2D eigenvalue weighted by molar-refractivity contribution is 5.97. The molecule has 0 unspecified atom stereocenters. The standard InChI is InChI=1S/C13H18F3N3/c1-8(2)7-19(3)9-4-5-10(12(17)18)11(6-9)13(14,15)16/h4-6,8H,7H2,1-3H3,(H3,17,18). The van der Waals surface area contributed by atoms with E-state index in [9.17, 15) is 13.2 Å². The number of amidine groups is 1. The maximum absolute atomic E-state index is 12.9. The molecular formula is C13H18F3N3. The van der Waals surface area contributed by atoms with E-state index in [4.69, 9.17) is 11.1 Å². The van der Waals surface area contributed by atoms with Crippen LogP contribution in [0.15, 0.2) is 18.2 Å². The topological polar surface area (TPSA) is 53.1 Å². The molecule has 0 bridgehead atoms. The van der Waals surface area contributed by atoms with Crippen LogP contribution in [0.4, 0.5) is 18.9 Å². The summed E-state index contributed by atoms with van der Waals surface area (Å²) in [7, 11) is 1.74. The summed E-state index contributed by atoms with van der Waals surface area (Å²) >= 11 is 0. The minimum absolute atomic E-state index is 0.283. The second kappa shape index (κ2) is 5.50. The van der Waals surface area contributed by atoms with Crippen LogP contribution in [0.1, 0.15) is 25.0 Å². The van der Waals surface area contributed by atoms with Gasteiger partial charge in [0.05, 0.1) is 5.56 Å². The molecule has 0 amide bonds.